The van der Waals surface area contributed by atoms with Gasteiger partial charge in [-0.1, -0.05) is 12.8 Å². The van der Waals surface area contributed by atoms with Gasteiger partial charge in [0.2, 0.25) is 0 Å². The molecular formula is C10H17NO2. The van der Waals surface area contributed by atoms with E-state index in [1.807, 2.05) is 0 Å². The highest BCUT2D eigenvalue weighted by molar-refractivity contribution is 5.77. The van der Waals surface area contributed by atoms with E-state index in [2.05, 4.69) is 5.92 Å². The van der Waals surface area contributed by atoms with Gasteiger partial charge < -0.3 is 10.8 Å². The molecule has 3 N–H and O–H groups in total. The van der Waals surface area contributed by atoms with E-state index in [1.165, 1.54) is 6.92 Å². The summed E-state index contributed by atoms with van der Waals surface area (Å²) in [5.41, 5.74) is 4.45. The number of unbranched alkanes of at least 4 members (excludes halogenated alkanes) is 3. The molecule has 74 valence electrons. The Balaban J connectivity index is 3.53. The molecule has 0 heterocycles. The second-order valence-corrected chi connectivity index (χ2v) is 3.49. The first-order valence-electron chi connectivity index (χ1n) is 4.46. The summed E-state index contributed by atoms with van der Waals surface area (Å²) < 4.78 is 0. The molecule has 0 aromatic carbocycles. The van der Waals surface area contributed by atoms with Crippen molar-refractivity contribution in [1.82, 2.24) is 0 Å². The second-order valence-electron chi connectivity index (χ2n) is 3.49. The lowest BCUT2D eigenvalue weighted by atomic mass is 9.96. The third kappa shape index (κ3) is 5.26. The molecule has 0 aromatic heterocycles. The highest BCUT2D eigenvalue weighted by Gasteiger charge is 2.26. The molecule has 0 amide bonds. The van der Waals surface area contributed by atoms with Crippen molar-refractivity contribution in [3.63, 3.8) is 0 Å². The first kappa shape index (κ1) is 12.0. The normalized spacial score (nSPS) is 14.5. The maximum atomic E-state index is 10.6. The largest absolute Gasteiger partial charge is 0.480 e. The highest BCUT2D eigenvalue weighted by Crippen LogP contribution is 2.12. The van der Waals surface area contributed by atoms with Crippen LogP contribution in [0.5, 0.6) is 0 Å². The summed E-state index contributed by atoms with van der Waals surface area (Å²) >= 11 is 0. The number of hydrogen-bond donors (Lipinski definition) is 2. The van der Waals surface area contributed by atoms with Gasteiger partial charge in [-0.3, -0.25) is 4.79 Å². The molecule has 13 heavy (non-hydrogen) atoms. The topological polar surface area (TPSA) is 63.3 Å². The van der Waals surface area contributed by atoms with Crippen molar-refractivity contribution >= 4 is 5.97 Å². The van der Waals surface area contributed by atoms with Crippen molar-refractivity contribution in [2.45, 2.75) is 44.6 Å². The lowest BCUT2D eigenvalue weighted by Gasteiger charge is -2.18. The Morgan fingerprint density at radius 3 is 2.62 bits per heavy atom. The first-order valence-corrected chi connectivity index (χ1v) is 4.46. The fraction of sp³-hybridized carbons (Fsp3) is 0.700. The number of hydrogen-bond acceptors (Lipinski definition) is 2. The van der Waals surface area contributed by atoms with E-state index in [1.54, 1.807) is 0 Å². The smallest absolute Gasteiger partial charge is 0.323 e. The van der Waals surface area contributed by atoms with Crippen LogP contribution >= 0.6 is 0 Å². The van der Waals surface area contributed by atoms with Crippen molar-refractivity contribution in [1.29, 1.82) is 0 Å². The fourth-order valence-electron chi connectivity index (χ4n) is 1.00. The Hall–Kier alpha value is -1.01. The molecule has 1 atom stereocenters. The SMILES string of the molecule is C#CCCCCCC(C)(N)C(=O)O. The van der Waals surface area contributed by atoms with Gasteiger partial charge in [-0.15, -0.1) is 12.3 Å². The molecule has 3 nitrogen and oxygen atoms in total. The predicted molar refractivity (Wildman–Crippen MR) is 52.1 cm³/mol. The average molecular weight is 183 g/mol. The van der Waals surface area contributed by atoms with Gasteiger partial charge in [0.1, 0.15) is 5.54 Å². The minimum Gasteiger partial charge on any atom is -0.480 e. The van der Waals surface area contributed by atoms with Crippen molar-refractivity contribution in [2.75, 3.05) is 0 Å². The summed E-state index contributed by atoms with van der Waals surface area (Å²) in [5, 5.41) is 8.69. The maximum absolute atomic E-state index is 10.6. The van der Waals surface area contributed by atoms with Gasteiger partial charge in [-0.2, -0.15) is 0 Å². The molecule has 1 unspecified atom stereocenters. The van der Waals surface area contributed by atoms with Crippen LogP contribution in [0.1, 0.15) is 39.0 Å². The molecule has 0 radical (unpaired) electrons. The molecule has 3 heteroatoms. The van der Waals surface area contributed by atoms with Gasteiger partial charge >= 0.3 is 5.97 Å². The minimum absolute atomic E-state index is 0.507. The summed E-state index contributed by atoms with van der Waals surface area (Å²) in [6.07, 6.45) is 9.06. The van der Waals surface area contributed by atoms with Crippen LogP contribution in [0, 0.1) is 12.3 Å². The first-order chi connectivity index (χ1) is 6.00. The molecule has 0 aliphatic heterocycles. The van der Waals surface area contributed by atoms with E-state index in [0.29, 0.717) is 6.42 Å². The molecule has 0 saturated heterocycles. The Kier molecular flexibility index (Phi) is 5.17. The molecule has 0 aliphatic carbocycles. The zero-order valence-electron chi connectivity index (χ0n) is 8.05. The third-order valence-corrected chi connectivity index (χ3v) is 2.01. The lowest BCUT2D eigenvalue weighted by molar-refractivity contribution is -0.142. The Labute approximate surface area is 79.3 Å². The zero-order chi connectivity index (χ0) is 10.3. The van der Waals surface area contributed by atoms with Gasteiger partial charge in [0.15, 0.2) is 0 Å². The van der Waals surface area contributed by atoms with Crippen molar-refractivity contribution < 1.29 is 9.90 Å². The molecule has 0 rings (SSSR count). The average Bonchev–Trinajstić information content (AvgIpc) is 2.03. The van der Waals surface area contributed by atoms with Crippen molar-refractivity contribution in [3.05, 3.63) is 0 Å². The van der Waals surface area contributed by atoms with Crippen LogP contribution in [0.25, 0.3) is 0 Å². The van der Waals surface area contributed by atoms with Crippen LogP contribution in [0.2, 0.25) is 0 Å². The summed E-state index contributed by atoms with van der Waals surface area (Å²) in [4.78, 5) is 10.6. The van der Waals surface area contributed by atoms with E-state index in [4.69, 9.17) is 17.3 Å². The molecule has 0 aromatic rings. The number of carbonyl (C=O) groups is 1. The van der Waals surface area contributed by atoms with Gasteiger partial charge in [-0.25, -0.2) is 0 Å². The Morgan fingerprint density at radius 1 is 1.54 bits per heavy atom. The Bertz CT molecular complexity index is 203. The van der Waals surface area contributed by atoms with E-state index in [9.17, 15) is 4.79 Å². The summed E-state index contributed by atoms with van der Waals surface area (Å²) in [5.74, 6) is 1.60. The number of rotatable bonds is 6. The van der Waals surface area contributed by atoms with Gasteiger partial charge in [0.25, 0.3) is 0 Å². The molecule has 0 fully saturated rings. The number of aliphatic carboxylic acids is 1. The standard InChI is InChI=1S/C10H17NO2/c1-3-4-5-6-7-8-10(2,11)9(12)13/h1H,4-8,11H2,2H3,(H,12,13). The van der Waals surface area contributed by atoms with Crippen molar-refractivity contribution in [2.24, 2.45) is 5.73 Å². The van der Waals surface area contributed by atoms with Gasteiger partial charge in [0.05, 0.1) is 0 Å². The quantitative estimate of drug-likeness (QED) is 0.483. The molecule has 0 spiro atoms. The van der Waals surface area contributed by atoms with Crippen LogP contribution in [-0.2, 0) is 4.79 Å². The summed E-state index contributed by atoms with van der Waals surface area (Å²) in [7, 11) is 0. The third-order valence-electron chi connectivity index (χ3n) is 2.01. The number of carboxylic acid groups (broad SMARTS) is 1. The molecular weight excluding hydrogens is 166 g/mol. The van der Waals surface area contributed by atoms with Crippen molar-refractivity contribution in [3.8, 4) is 12.3 Å². The number of carboxylic acids is 1. The van der Waals surface area contributed by atoms with E-state index in [0.717, 1.165) is 25.7 Å². The summed E-state index contributed by atoms with van der Waals surface area (Å²) in [6, 6.07) is 0. The van der Waals surface area contributed by atoms with E-state index < -0.39 is 11.5 Å². The molecule has 0 aliphatic rings. The van der Waals surface area contributed by atoms with E-state index in [-0.39, 0.29) is 0 Å². The molecule has 0 bridgehead atoms. The monoisotopic (exact) mass is 183 g/mol. The molecule has 0 saturated carbocycles. The fourth-order valence-corrected chi connectivity index (χ4v) is 1.00. The number of nitrogens with two attached hydrogens (primary N) is 1. The van der Waals surface area contributed by atoms with Gasteiger partial charge in [-0.05, 0) is 19.8 Å². The maximum Gasteiger partial charge on any atom is 0.323 e. The lowest BCUT2D eigenvalue weighted by Crippen LogP contribution is -2.44. The minimum atomic E-state index is -1.09. The van der Waals surface area contributed by atoms with E-state index >= 15 is 0 Å². The Morgan fingerprint density at radius 2 is 2.15 bits per heavy atom. The zero-order valence-corrected chi connectivity index (χ0v) is 8.05. The van der Waals surface area contributed by atoms with Crippen LogP contribution in [0.3, 0.4) is 0 Å². The van der Waals surface area contributed by atoms with Crippen LogP contribution in [0.15, 0.2) is 0 Å². The summed E-state index contributed by atoms with van der Waals surface area (Å²) in [6.45, 7) is 1.54. The van der Waals surface area contributed by atoms with Gasteiger partial charge in [0, 0.05) is 6.42 Å². The van der Waals surface area contributed by atoms with Crippen LogP contribution in [-0.4, -0.2) is 16.6 Å². The second kappa shape index (κ2) is 5.60. The number of terminal acetylenes is 1. The predicted octanol–water partition coefficient (Wildman–Crippen LogP) is 1.37. The highest BCUT2D eigenvalue weighted by atomic mass is 16.4. The van der Waals surface area contributed by atoms with Crippen LogP contribution in [0.4, 0.5) is 0 Å². The van der Waals surface area contributed by atoms with Crippen LogP contribution < -0.4 is 5.73 Å².